The standard InChI is InChI=1S/C12H17BrN4O2/c13-10-7-11(17(18)19)12(15-8-10)16-5-2-9(1-4-14)3-6-16/h7-9H,1-6,14H2. The van der Waals surface area contributed by atoms with Crippen LogP contribution in [0, 0.1) is 16.0 Å². The van der Waals surface area contributed by atoms with Crippen LogP contribution in [0.1, 0.15) is 19.3 Å². The molecule has 6 nitrogen and oxygen atoms in total. The van der Waals surface area contributed by atoms with E-state index in [0.717, 1.165) is 32.4 Å². The van der Waals surface area contributed by atoms with Crippen LogP contribution in [0.15, 0.2) is 16.7 Å². The SMILES string of the molecule is NCCC1CCN(c2ncc(Br)cc2[N+](=O)[O-])CC1. The summed E-state index contributed by atoms with van der Waals surface area (Å²) in [6, 6.07) is 1.51. The van der Waals surface area contributed by atoms with E-state index in [4.69, 9.17) is 5.73 Å². The van der Waals surface area contributed by atoms with Crippen molar-refractivity contribution in [1.29, 1.82) is 0 Å². The quantitative estimate of drug-likeness (QED) is 0.677. The zero-order valence-electron chi connectivity index (χ0n) is 10.6. The fraction of sp³-hybridized carbons (Fsp3) is 0.583. The summed E-state index contributed by atoms with van der Waals surface area (Å²) >= 11 is 3.22. The highest BCUT2D eigenvalue weighted by molar-refractivity contribution is 9.10. The number of aromatic nitrogens is 1. The third-order valence-corrected chi connectivity index (χ3v) is 3.93. The molecule has 0 spiro atoms. The van der Waals surface area contributed by atoms with Gasteiger partial charge in [-0.25, -0.2) is 4.98 Å². The van der Waals surface area contributed by atoms with E-state index < -0.39 is 0 Å². The first kappa shape index (κ1) is 14.2. The van der Waals surface area contributed by atoms with Gasteiger partial charge in [-0.15, -0.1) is 0 Å². The first-order valence-electron chi connectivity index (χ1n) is 6.36. The van der Waals surface area contributed by atoms with E-state index in [2.05, 4.69) is 20.9 Å². The van der Waals surface area contributed by atoms with Crippen LogP contribution in [0.2, 0.25) is 0 Å². The molecule has 1 saturated heterocycles. The zero-order chi connectivity index (χ0) is 13.8. The van der Waals surface area contributed by atoms with Gasteiger partial charge in [0.25, 0.3) is 0 Å². The maximum absolute atomic E-state index is 11.1. The number of nitrogens with two attached hydrogens (primary N) is 1. The Kier molecular flexibility index (Phi) is 4.71. The number of hydrogen-bond donors (Lipinski definition) is 1. The van der Waals surface area contributed by atoms with Crippen molar-refractivity contribution >= 4 is 27.4 Å². The zero-order valence-corrected chi connectivity index (χ0v) is 12.2. The number of anilines is 1. The molecule has 1 aliphatic heterocycles. The van der Waals surface area contributed by atoms with Crippen molar-refractivity contribution in [2.45, 2.75) is 19.3 Å². The van der Waals surface area contributed by atoms with Gasteiger partial charge >= 0.3 is 5.69 Å². The lowest BCUT2D eigenvalue weighted by atomic mass is 9.93. The van der Waals surface area contributed by atoms with Crippen molar-refractivity contribution in [3.63, 3.8) is 0 Å². The number of piperidine rings is 1. The highest BCUT2D eigenvalue weighted by Crippen LogP contribution is 2.31. The van der Waals surface area contributed by atoms with Gasteiger partial charge in [0.2, 0.25) is 5.82 Å². The molecule has 2 heterocycles. The lowest BCUT2D eigenvalue weighted by Gasteiger charge is -2.32. The summed E-state index contributed by atoms with van der Waals surface area (Å²) in [7, 11) is 0. The van der Waals surface area contributed by atoms with E-state index in [9.17, 15) is 10.1 Å². The van der Waals surface area contributed by atoms with Crippen molar-refractivity contribution in [2.24, 2.45) is 11.7 Å². The number of rotatable bonds is 4. The van der Waals surface area contributed by atoms with Crippen LogP contribution >= 0.6 is 15.9 Å². The molecular formula is C12H17BrN4O2. The molecule has 0 atom stereocenters. The Labute approximate surface area is 120 Å². The minimum absolute atomic E-state index is 0.0617. The lowest BCUT2D eigenvalue weighted by Crippen LogP contribution is -2.35. The number of hydrogen-bond acceptors (Lipinski definition) is 5. The Bertz CT molecular complexity index is 461. The van der Waals surface area contributed by atoms with Gasteiger partial charge in [-0.3, -0.25) is 10.1 Å². The summed E-state index contributed by atoms with van der Waals surface area (Å²) < 4.78 is 0.626. The normalized spacial score (nSPS) is 16.6. The van der Waals surface area contributed by atoms with Gasteiger partial charge in [-0.2, -0.15) is 0 Å². The molecular weight excluding hydrogens is 312 g/mol. The van der Waals surface area contributed by atoms with E-state index >= 15 is 0 Å². The second-order valence-electron chi connectivity index (χ2n) is 4.76. The van der Waals surface area contributed by atoms with Crippen LogP contribution < -0.4 is 10.6 Å². The minimum atomic E-state index is -0.376. The van der Waals surface area contributed by atoms with Crippen molar-refractivity contribution in [1.82, 2.24) is 4.98 Å². The molecule has 0 radical (unpaired) electrons. The molecule has 7 heteroatoms. The van der Waals surface area contributed by atoms with E-state index in [1.165, 1.54) is 6.07 Å². The van der Waals surface area contributed by atoms with E-state index in [1.807, 2.05) is 4.90 Å². The predicted molar refractivity (Wildman–Crippen MR) is 77.2 cm³/mol. The molecule has 1 fully saturated rings. The average Bonchev–Trinajstić information content (AvgIpc) is 2.40. The fourth-order valence-corrected chi connectivity index (χ4v) is 2.79. The lowest BCUT2D eigenvalue weighted by molar-refractivity contribution is -0.384. The van der Waals surface area contributed by atoms with Crippen LogP contribution in [-0.2, 0) is 0 Å². The molecule has 0 bridgehead atoms. The Morgan fingerprint density at radius 3 is 2.79 bits per heavy atom. The first-order chi connectivity index (χ1) is 9.11. The van der Waals surface area contributed by atoms with Gasteiger partial charge < -0.3 is 10.6 Å². The molecule has 0 aliphatic carbocycles. The van der Waals surface area contributed by atoms with E-state index in [-0.39, 0.29) is 10.6 Å². The summed E-state index contributed by atoms with van der Waals surface area (Å²) in [5.41, 5.74) is 5.63. The number of nitro groups is 1. The highest BCUT2D eigenvalue weighted by atomic mass is 79.9. The van der Waals surface area contributed by atoms with Crippen molar-refractivity contribution in [3.8, 4) is 0 Å². The Morgan fingerprint density at radius 2 is 2.21 bits per heavy atom. The minimum Gasteiger partial charge on any atom is -0.351 e. The van der Waals surface area contributed by atoms with Crippen LogP contribution in [-0.4, -0.2) is 29.5 Å². The molecule has 1 aromatic heterocycles. The van der Waals surface area contributed by atoms with Crippen LogP contribution in [0.5, 0.6) is 0 Å². The molecule has 1 aromatic rings. The second-order valence-corrected chi connectivity index (χ2v) is 5.68. The van der Waals surface area contributed by atoms with Crippen molar-refractivity contribution in [2.75, 3.05) is 24.5 Å². The largest absolute Gasteiger partial charge is 0.351 e. The average molecular weight is 329 g/mol. The summed E-state index contributed by atoms with van der Waals surface area (Å²) in [4.78, 5) is 16.9. The topological polar surface area (TPSA) is 85.3 Å². The fourth-order valence-electron chi connectivity index (χ4n) is 2.47. The molecule has 0 aromatic carbocycles. The second kappa shape index (κ2) is 6.29. The Morgan fingerprint density at radius 1 is 1.53 bits per heavy atom. The smallest absolute Gasteiger partial charge is 0.312 e. The summed E-state index contributed by atoms with van der Waals surface area (Å²) in [5, 5.41) is 11.1. The summed E-state index contributed by atoms with van der Waals surface area (Å²) in [6.07, 6.45) is 4.68. The van der Waals surface area contributed by atoms with Gasteiger partial charge in [-0.05, 0) is 47.7 Å². The number of halogens is 1. The summed E-state index contributed by atoms with van der Waals surface area (Å²) in [5.74, 6) is 1.11. The van der Waals surface area contributed by atoms with Gasteiger partial charge in [0.1, 0.15) is 0 Å². The van der Waals surface area contributed by atoms with Crippen molar-refractivity contribution < 1.29 is 4.92 Å². The van der Waals surface area contributed by atoms with Gasteiger partial charge in [-0.1, -0.05) is 0 Å². The van der Waals surface area contributed by atoms with Gasteiger partial charge in [0.05, 0.1) is 4.92 Å². The number of pyridine rings is 1. The van der Waals surface area contributed by atoms with Crippen LogP contribution in [0.25, 0.3) is 0 Å². The molecule has 0 unspecified atom stereocenters. The maximum atomic E-state index is 11.1. The molecule has 2 rings (SSSR count). The Hall–Kier alpha value is -1.21. The molecule has 19 heavy (non-hydrogen) atoms. The number of nitrogens with zero attached hydrogens (tertiary/aromatic N) is 3. The Balaban J connectivity index is 2.13. The molecule has 104 valence electrons. The van der Waals surface area contributed by atoms with Gasteiger partial charge in [0.15, 0.2) is 0 Å². The predicted octanol–water partition coefficient (Wildman–Crippen LogP) is 2.32. The van der Waals surface area contributed by atoms with Crippen LogP contribution in [0.3, 0.4) is 0 Å². The van der Waals surface area contributed by atoms with Crippen molar-refractivity contribution in [3.05, 3.63) is 26.9 Å². The first-order valence-corrected chi connectivity index (χ1v) is 7.16. The molecule has 2 N–H and O–H groups in total. The van der Waals surface area contributed by atoms with E-state index in [1.54, 1.807) is 6.20 Å². The van der Waals surface area contributed by atoms with E-state index in [0.29, 0.717) is 22.8 Å². The third-order valence-electron chi connectivity index (χ3n) is 3.50. The summed E-state index contributed by atoms with van der Waals surface area (Å²) in [6.45, 7) is 2.32. The van der Waals surface area contributed by atoms with Gasteiger partial charge in [0, 0.05) is 29.8 Å². The maximum Gasteiger partial charge on any atom is 0.312 e. The molecule has 0 saturated carbocycles. The molecule has 1 aliphatic rings. The highest BCUT2D eigenvalue weighted by Gasteiger charge is 2.25. The third kappa shape index (κ3) is 3.42. The molecule has 0 amide bonds. The monoisotopic (exact) mass is 328 g/mol. The van der Waals surface area contributed by atoms with Crippen LogP contribution in [0.4, 0.5) is 11.5 Å².